The molecule has 2 atom stereocenters. The molecule has 0 aliphatic carbocycles. The lowest BCUT2D eigenvalue weighted by atomic mass is 10.0. The summed E-state index contributed by atoms with van der Waals surface area (Å²) >= 11 is 0. The summed E-state index contributed by atoms with van der Waals surface area (Å²) in [5, 5.41) is 3.61. The van der Waals surface area contributed by atoms with Crippen molar-refractivity contribution in [1.82, 2.24) is 5.32 Å². The summed E-state index contributed by atoms with van der Waals surface area (Å²) in [6, 6.07) is 10.6. The Morgan fingerprint density at radius 1 is 1.32 bits per heavy atom. The van der Waals surface area contributed by atoms with Gasteiger partial charge in [0.15, 0.2) is 0 Å². The van der Waals surface area contributed by atoms with Crippen LogP contribution in [-0.2, 0) is 4.74 Å². The molecule has 1 aliphatic rings. The Balaban J connectivity index is 1.54. The average molecular weight is 263 g/mol. The van der Waals surface area contributed by atoms with Crippen LogP contribution in [0.1, 0.15) is 32.6 Å². The van der Waals surface area contributed by atoms with Gasteiger partial charge in [-0.1, -0.05) is 25.1 Å². The van der Waals surface area contributed by atoms with Crippen LogP contribution in [0.25, 0.3) is 0 Å². The molecule has 3 heteroatoms. The van der Waals surface area contributed by atoms with E-state index in [9.17, 15) is 0 Å². The quantitative estimate of drug-likeness (QED) is 0.767. The van der Waals surface area contributed by atoms with E-state index < -0.39 is 0 Å². The molecule has 0 bridgehead atoms. The molecule has 106 valence electrons. The highest BCUT2D eigenvalue weighted by molar-refractivity contribution is 5.20. The molecule has 1 fully saturated rings. The van der Waals surface area contributed by atoms with Crippen LogP contribution in [0.5, 0.6) is 5.75 Å². The van der Waals surface area contributed by atoms with E-state index >= 15 is 0 Å². The molecule has 1 aromatic rings. The Hall–Kier alpha value is -1.06. The summed E-state index contributed by atoms with van der Waals surface area (Å²) in [5.41, 5.74) is 0. The minimum absolute atomic E-state index is 0.451. The molecule has 1 aromatic carbocycles. The largest absolute Gasteiger partial charge is 0.494 e. The normalized spacial score (nSPS) is 23.2. The van der Waals surface area contributed by atoms with Crippen molar-refractivity contribution in [3.63, 3.8) is 0 Å². The molecule has 0 saturated carbocycles. The van der Waals surface area contributed by atoms with Crippen LogP contribution in [0.4, 0.5) is 0 Å². The SMILES string of the molecule is CCC1CC(NCCCOc2ccccc2)CCO1. The second-order valence-electron chi connectivity index (χ2n) is 5.09. The molecule has 1 heterocycles. The number of rotatable bonds is 7. The average Bonchev–Trinajstić information content (AvgIpc) is 2.48. The number of hydrogen-bond donors (Lipinski definition) is 1. The lowest BCUT2D eigenvalue weighted by Gasteiger charge is -2.29. The van der Waals surface area contributed by atoms with E-state index in [4.69, 9.17) is 9.47 Å². The molecule has 1 aliphatic heterocycles. The van der Waals surface area contributed by atoms with Gasteiger partial charge in [-0.15, -0.1) is 0 Å². The van der Waals surface area contributed by atoms with Crippen molar-refractivity contribution in [2.75, 3.05) is 19.8 Å². The van der Waals surface area contributed by atoms with E-state index in [0.29, 0.717) is 12.1 Å². The maximum absolute atomic E-state index is 5.68. The van der Waals surface area contributed by atoms with E-state index in [2.05, 4.69) is 12.2 Å². The molecule has 2 unspecified atom stereocenters. The smallest absolute Gasteiger partial charge is 0.119 e. The van der Waals surface area contributed by atoms with Crippen LogP contribution >= 0.6 is 0 Å². The Kier molecular flexibility index (Phi) is 6.18. The van der Waals surface area contributed by atoms with Gasteiger partial charge in [-0.05, 0) is 44.4 Å². The molecule has 1 N–H and O–H groups in total. The van der Waals surface area contributed by atoms with Crippen LogP contribution in [0.2, 0.25) is 0 Å². The maximum Gasteiger partial charge on any atom is 0.119 e. The highest BCUT2D eigenvalue weighted by Crippen LogP contribution is 2.16. The van der Waals surface area contributed by atoms with Gasteiger partial charge < -0.3 is 14.8 Å². The van der Waals surface area contributed by atoms with Gasteiger partial charge in [0, 0.05) is 12.6 Å². The van der Waals surface area contributed by atoms with Crippen LogP contribution < -0.4 is 10.1 Å². The number of para-hydroxylation sites is 1. The standard InChI is InChI=1S/C16H25NO2/c1-2-15-13-14(9-12-19-15)17-10-6-11-18-16-7-4-3-5-8-16/h3-5,7-8,14-15,17H,2,6,9-13H2,1H3. The lowest BCUT2D eigenvalue weighted by molar-refractivity contribution is -0.0000920. The summed E-state index contributed by atoms with van der Waals surface area (Å²) in [4.78, 5) is 0. The van der Waals surface area contributed by atoms with Crippen molar-refractivity contribution in [3.8, 4) is 5.75 Å². The van der Waals surface area contributed by atoms with Crippen LogP contribution in [-0.4, -0.2) is 31.9 Å². The summed E-state index contributed by atoms with van der Waals surface area (Å²) in [7, 11) is 0. The third-order valence-corrected chi connectivity index (χ3v) is 3.59. The maximum atomic E-state index is 5.68. The zero-order valence-corrected chi connectivity index (χ0v) is 11.8. The molecule has 1 saturated heterocycles. The van der Waals surface area contributed by atoms with Gasteiger partial charge in [0.2, 0.25) is 0 Å². The van der Waals surface area contributed by atoms with Crippen molar-refractivity contribution in [1.29, 1.82) is 0 Å². The number of nitrogens with one attached hydrogen (secondary N) is 1. The Labute approximate surface area is 116 Å². The lowest BCUT2D eigenvalue weighted by Crippen LogP contribution is -2.39. The van der Waals surface area contributed by atoms with Gasteiger partial charge in [0.1, 0.15) is 5.75 Å². The fourth-order valence-corrected chi connectivity index (χ4v) is 2.44. The van der Waals surface area contributed by atoms with Gasteiger partial charge in [-0.2, -0.15) is 0 Å². The predicted molar refractivity (Wildman–Crippen MR) is 77.6 cm³/mol. The monoisotopic (exact) mass is 263 g/mol. The first kappa shape index (κ1) is 14.4. The molecule has 0 aromatic heterocycles. The van der Waals surface area contributed by atoms with E-state index in [1.807, 2.05) is 30.3 Å². The van der Waals surface area contributed by atoms with Crippen molar-refractivity contribution < 1.29 is 9.47 Å². The van der Waals surface area contributed by atoms with E-state index in [1.165, 1.54) is 0 Å². The molecule has 0 radical (unpaired) electrons. The van der Waals surface area contributed by atoms with Crippen LogP contribution in [0, 0.1) is 0 Å². The molecule has 2 rings (SSSR count). The Bertz CT molecular complexity index is 342. The highest BCUT2D eigenvalue weighted by atomic mass is 16.5. The molecular formula is C16H25NO2. The number of hydrogen-bond acceptors (Lipinski definition) is 3. The van der Waals surface area contributed by atoms with Gasteiger partial charge in [0.25, 0.3) is 0 Å². The van der Waals surface area contributed by atoms with Crippen LogP contribution in [0.3, 0.4) is 0 Å². The summed E-state index contributed by atoms with van der Waals surface area (Å²) in [6.45, 7) is 4.89. The first-order valence-corrected chi connectivity index (χ1v) is 7.41. The third kappa shape index (κ3) is 5.21. The molecule has 19 heavy (non-hydrogen) atoms. The molecular weight excluding hydrogens is 238 g/mol. The van der Waals surface area contributed by atoms with Gasteiger partial charge in [0.05, 0.1) is 12.7 Å². The Morgan fingerprint density at radius 2 is 2.16 bits per heavy atom. The van der Waals surface area contributed by atoms with Crippen molar-refractivity contribution in [3.05, 3.63) is 30.3 Å². The van der Waals surface area contributed by atoms with E-state index in [-0.39, 0.29) is 0 Å². The fraction of sp³-hybridized carbons (Fsp3) is 0.625. The zero-order chi connectivity index (χ0) is 13.3. The topological polar surface area (TPSA) is 30.5 Å². The minimum atomic E-state index is 0.451. The Morgan fingerprint density at radius 3 is 2.95 bits per heavy atom. The second kappa shape index (κ2) is 8.18. The summed E-state index contributed by atoms with van der Waals surface area (Å²) in [5.74, 6) is 0.958. The number of ether oxygens (including phenoxy) is 2. The first-order valence-electron chi connectivity index (χ1n) is 7.41. The summed E-state index contributed by atoms with van der Waals surface area (Å²) in [6.07, 6.45) is 4.90. The summed E-state index contributed by atoms with van der Waals surface area (Å²) < 4.78 is 11.4. The van der Waals surface area contributed by atoms with Gasteiger partial charge >= 0.3 is 0 Å². The van der Waals surface area contributed by atoms with Gasteiger partial charge in [-0.25, -0.2) is 0 Å². The van der Waals surface area contributed by atoms with E-state index in [0.717, 1.165) is 51.2 Å². The minimum Gasteiger partial charge on any atom is -0.494 e. The van der Waals surface area contributed by atoms with Crippen LogP contribution in [0.15, 0.2) is 30.3 Å². The third-order valence-electron chi connectivity index (χ3n) is 3.59. The second-order valence-corrected chi connectivity index (χ2v) is 5.09. The van der Waals surface area contributed by atoms with Crippen molar-refractivity contribution in [2.24, 2.45) is 0 Å². The highest BCUT2D eigenvalue weighted by Gasteiger charge is 2.20. The first-order chi connectivity index (χ1) is 9.38. The van der Waals surface area contributed by atoms with Crippen molar-refractivity contribution in [2.45, 2.75) is 44.8 Å². The molecule has 0 spiro atoms. The van der Waals surface area contributed by atoms with Gasteiger partial charge in [-0.3, -0.25) is 0 Å². The van der Waals surface area contributed by atoms with Crippen molar-refractivity contribution >= 4 is 0 Å². The number of benzene rings is 1. The zero-order valence-electron chi connectivity index (χ0n) is 11.8. The predicted octanol–water partition coefficient (Wildman–Crippen LogP) is 3.00. The fourth-order valence-electron chi connectivity index (χ4n) is 2.44. The van der Waals surface area contributed by atoms with E-state index in [1.54, 1.807) is 0 Å². The molecule has 3 nitrogen and oxygen atoms in total. The molecule has 0 amide bonds.